The fraction of sp³-hybridized carbons (Fsp3) is 1.00. The lowest BCUT2D eigenvalue weighted by Gasteiger charge is -2.67. The first-order chi connectivity index (χ1) is 24.5. The Morgan fingerprint density at radius 1 is 0.300 bits per heavy atom. The molecule has 0 amide bonds. The van der Waals surface area contributed by atoms with Gasteiger partial charge in [-0.25, -0.2) is 0 Å². The van der Waals surface area contributed by atoms with E-state index in [0.717, 1.165) is 59.2 Å². The van der Waals surface area contributed by atoms with E-state index >= 15 is 0 Å². The largest absolute Gasteiger partial charge is 0.0960 e. The minimum absolute atomic E-state index is 0.189. The maximum absolute atomic E-state index is 2.74. The molecule has 0 aromatic carbocycles. The van der Waals surface area contributed by atoms with Gasteiger partial charge < -0.3 is 0 Å². The Hall–Kier alpha value is 0.860. The van der Waals surface area contributed by atoms with Crippen LogP contribution in [-0.2, 0) is 0 Å². The van der Waals surface area contributed by atoms with E-state index in [4.69, 9.17) is 0 Å². The molecule has 0 aromatic rings. The second-order valence-corrected chi connectivity index (χ2v) is 28.8. The Morgan fingerprint density at radius 2 is 0.720 bits per heavy atom. The Kier molecular flexibility index (Phi) is 8.05. The van der Waals surface area contributed by atoms with E-state index in [9.17, 15) is 0 Å². The van der Waals surface area contributed by atoms with Crippen molar-refractivity contribution in [3.05, 3.63) is 0 Å². The molecule has 0 radical (unpaired) electrons. The fourth-order valence-electron chi connectivity index (χ4n) is 20.5. The average Bonchev–Trinajstić information content (AvgIpc) is 3.26. The van der Waals surface area contributed by atoms with E-state index < -0.39 is 0 Å². The molecule has 2 heteroatoms. The van der Waals surface area contributed by atoms with Crippen molar-refractivity contribution in [3.63, 3.8) is 0 Å². The zero-order valence-corrected chi connectivity index (χ0v) is 34.7. The van der Waals surface area contributed by atoms with Gasteiger partial charge in [-0.05, 0) is 224 Å². The van der Waals surface area contributed by atoms with Crippen LogP contribution in [0, 0.1) is 107 Å². The van der Waals surface area contributed by atoms with Crippen molar-refractivity contribution >= 4 is 15.8 Å². The maximum atomic E-state index is 2.74. The molecule has 13 fully saturated rings. The summed E-state index contributed by atoms with van der Waals surface area (Å²) < 4.78 is 0. The Morgan fingerprint density at radius 3 is 1.28 bits per heavy atom. The third-order valence-corrected chi connectivity index (χ3v) is 29.8. The minimum atomic E-state index is 0.189. The van der Waals surface area contributed by atoms with Gasteiger partial charge in [0, 0.05) is 0 Å². The van der Waals surface area contributed by atoms with Gasteiger partial charge in [0.2, 0.25) is 0 Å². The molecule has 4 bridgehead atoms. The van der Waals surface area contributed by atoms with E-state index in [2.05, 4.69) is 27.7 Å². The summed E-state index contributed by atoms with van der Waals surface area (Å²) in [6.07, 6.45) is 33.1. The van der Waals surface area contributed by atoms with Crippen LogP contribution in [0.1, 0.15) is 156 Å². The van der Waals surface area contributed by atoms with E-state index in [1.165, 1.54) is 81.3 Å². The van der Waals surface area contributed by atoms with Crippen molar-refractivity contribution in [1.29, 1.82) is 0 Å². The van der Waals surface area contributed by atoms with Crippen LogP contribution in [0.5, 0.6) is 0 Å². The summed E-state index contributed by atoms with van der Waals surface area (Å²) in [6, 6.07) is 0. The molecule has 8 saturated carbocycles. The highest BCUT2D eigenvalue weighted by molar-refractivity contribution is 7.61. The van der Waals surface area contributed by atoms with Crippen molar-refractivity contribution in [2.75, 3.05) is 0 Å². The van der Waals surface area contributed by atoms with Gasteiger partial charge in [-0.15, -0.1) is 0 Å². The highest BCUT2D eigenvalue weighted by atomic mass is 31.1. The molecule has 8 aliphatic carbocycles. The van der Waals surface area contributed by atoms with Crippen molar-refractivity contribution in [2.45, 2.75) is 190 Å². The average molecular weight is 715 g/mol. The van der Waals surface area contributed by atoms with E-state index in [1.807, 2.05) is 0 Å². The van der Waals surface area contributed by atoms with Crippen LogP contribution >= 0.6 is 15.8 Å². The Balaban J connectivity index is 1.08. The second-order valence-electron chi connectivity index (χ2n) is 23.2. The molecule has 5 heterocycles. The van der Waals surface area contributed by atoms with Crippen molar-refractivity contribution in [3.8, 4) is 0 Å². The summed E-state index contributed by atoms with van der Waals surface area (Å²) in [5, 5.41) is 0. The van der Waals surface area contributed by atoms with Crippen LogP contribution in [0.3, 0.4) is 0 Å². The van der Waals surface area contributed by atoms with E-state index in [0.29, 0.717) is 0 Å². The molecule has 13 aliphatic rings. The van der Waals surface area contributed by atoms with Crippen LogP contribution in [0.4, 0.5) is 0 Å². The molecule has 5 saturated heterocycles. The van der Waals surface area contributed by atoms with Gasteiger partial charge in [0.25, 0.3) is 0 Å². The van der Waals surface area contributed by atoms with Gasteiger partial charge in [-0.2, -0.15) is 0 Å². The lowest BCUT2D eigenvalue weighted by Crippen LogP contribution is -2.63. The van der Waals surface area contributed by atoms with Crippen LogP contribution in [0.2, 0.25) is 0 Å². The van der Waals surface area contributed by atoms with Gasteiger partial charge in [-0.3, -0.25) is 0 Å². The maximum Gasteiger partial charge on any atom is -0.0133 e. The van der Waals surface area contributed by atoms with Gasteiger partial charge in [0.1, 0.15) is 0 Å². The zero-order chi connectivity index (χ0) is 33.2. The summed E-state index contributed by atoms with van der Waals surface area (Å²) >= 11 is 0. The molecule has 50 heavy (non-hydrogen) atoms. The van der Waals surface area contributed by atoms with Crippen molar-refractivity contribution < 1.29 is 0 Å². The first kappa shape index (κ1) is 33.0. The molecule has 26 unspecified atom stereocenters. The molecule has 278 valence electrons. The van der Waals surface area contributed by atoms with Gasteiger partial charge >= 0.3 is 0 Å². The van der Waals surface area contributed by atoms with Crippen LogP contribution in [0.15, 0.2) is 0 Å². The number of hydrogen-bond donors (Lipinski definition) is 0. The van der Waals surface area contributed by atoms with Crippen LogP contribution in [0.25, 0.3) is 0 Å². The summed E-state index contributed by atoms with van der Waals surface area (Å²) in [5.74, 6) is 20.5. The highest BCUT2D eigenvalue weighted by Gasteiger charge is 2.75. The third-order valence-electron chi connectivity index (χ3n) is 21.4. The molecule has 0 spiro atoms. The zero-order valence-electron chi connectivity index (χ0n) is 32.9. The third kappa shape index (κ3) is 4.49. The first-order valence-corrected chi connectivity index (χ1v) is 27.1. The molecule has 0 nitrogen and oxygen atoms in total. The number of hydrogen-bond acceptors (Lipinski definition) is 0. The Bertz CT molecular complexity index is 1310. The topological polar surface area (TPSA) is 0 Å². The second kappa shape index (κ2) is 12.2. The predicted octanol–water partition coefficient (Wildman–Crippen LogP) is 13.3. The monoisotopic (exact) mass is 715 g/mol. The SMILES string of the molecule is CC1CCC2C(C1)C1CCC3C4C1C1CC(C)CCC1P2C4C1C2CC(C)CCC2P2C4CCC(C)CC4C4CCC5CCCCC5C4C3C12. The predicted molar refractivity (Wildman–Crippen MR) is 214 cm³/mol. The summed E-state index contributed by atoms with van der Waals surface area (Å²) in [6.45, 7) is 10.9. The smallest absolute Gasteiger partial charge is 0.0133 e. The minimum Gasteiger partial charge on any atom is -0.0960 e. The molecular weight excluding hydrogens is 638 g/mol. The standard InChI is InChI=1S/C48H76P2/c1-25-9-17-38-34(21-25)31-14-13-29-7-5-6-8-30(29)42(31)44-33-16-15-32-35-22-26(2)10-18-39(35)49-40-19-11-27(3)23-36(40)43(32)45(33)48(49)46-37-24-28(4)12-20-41(37)50(38)47(44)46/h25-48H,5-24H2,1-4H3. The number of fused-ring (bicyclic) bond motifs is 11. The van der Waals surface area contributed by atoms with Crippen LogP contribution < -0.4 is 0 Å². The van der Waals surface area contributed by atoms with Crippen LogP contribution in [-0.4, -0.2) is 34.0 Å². The van der Waals surface area contributed by atoms with Crippen molar-refractivity contribution in [2.24, 2.45) is 107 Å². The van der Waals surface area contributed by atoms with E-state index in [-0.39, 0.29) is 15.8 Å². The van der Waals surface area contributed by atoms with Crippen molar-refractivity contribution in [1.82, 2.24) is 0 Å². The normalized spacial score (nSPS) is 66.0. The summed E-state index contributed by atoms with van der Waals surface area (Å²) in [5.41, 5.74) is 7.31. The van der Waals surface area contributed by atoms with Gasteiger partial charge in [0.15, 0.2) is 0 Å². The fourth-order valence-corrected chi connectivity index (χ4v) is 31.5. The quantitative estimate of drug-likeness (QED) is 0.219. The lowest BCUT2D eigenvalue weighted by atomic mass is 9.44. The molecule has 0 N–H and O–H groups in total. The van der Waals surface area contributed by atoms with E-state index in [1.54, 1.807) is 128 Å². The first-order valence-electron chi connectivity index (χ1n) is 24.0. The summed E-state index contributed by atoms with van der Waals surface area (Å²) in [7, 11) is 0.388. The number of rotatable bonds is 0. The lowest BCUT2D eigenvalue weighted by molar-refractivity contribution is -0.110. The Labute approximate surface area is 311 Å². The molecule has 0 aromatic heterocycles. The van der Waals surface area contributed by atoms with Gasteiger partial charge in [0.05, 0.1) is 0 Å². The highest BCUT2D eigenvalue weighted by Crippen LogP contribution is 2.86. The molecular formula is C48H76P2. The van der Waals surface area contributed by atoms with Gasteiger partial charge in [-0.1, -0.05) is 88.5 Å². The molecule has 13 rings (SSSR count). The molecule has 26 atom stereocenters. The summed E-state index contributed by atoms with van der Waals surface area (Å²) in [4.78, 5) is 0. The molecule has 5 aliphatic heterocycles.